The highest BCUT2D eigenvalue weighted by Crippen LogP contribution is 2.54. The van der Waals surface area contributed by atoms with Crippen LogP contribution >= 0.6 is 0 Å². The van der Waals surface area contributed by atoms with Crippen molar-refractivity contribution in [2.24, 2.45) is 5.92 Å². The number of aromatic nitrogens is 4. The van der Waals surface area contributed by atoms with Gasteiger partial charge in [-0.25, -0.2) is 14.6 Å². The first-order chi connectivity index (χ1) is 13.0. The van der Waals surface area contributed by atoms with E-state index < -0.39 is 5.60 Å². The molecule has 2 heterocycles. The second kappa shape index (κ2) is 6.73. The summed E-state index contributed by atoms with van der Waals surface area (Å²) >= 11 is 0. The molecule has 3 N–H and O–H groups in total. The van der Waals surface area contributed by atoms with Gasteiger partial charge in [-0.05, 0) is 32.3 Å². The van der Waals surface area contributed by atoms with E-state index in [1.165, 1.54) is 6.07 Å². The van der Waals surface area contributed by atoms with E-state index in [1.54, 1.807) is 18.5 Å². The molecule has 0 spiro atoms. The van der Waals surface area contributed by atoms with Crippen LogP contribution in [0.25, 0.3) is 11.3 Å². The molecule has 3 unspecified atom stereocenters. The number of fused-ring (bicyclic) bond motifs is 1. The SMILES string of the molecule is CCNC(=O)Cn1nc(-c2cnc(NC3CC4(O)CCC34)nc2)ccc1=O. The third-order valence-electron chi connectivity index (χ3n) is 5.43. The lowest BCUT2D eigenvalue weighted by molar-refractivity contribution is -0.174. The van der Waals surface area contributed by atoms with E-state index in [4.69, 9.17) is 0 Å². The van der Waals surface area contributed by atoms with Crippen LogP contribution in [-0.2, 0) is 11.3 Å². The molecule has 9 heteroatoms. The van der Waals surface area contributed by atoms with Gasteiger partial charge in [-0.15, -0.1) is 0 Å². The van der Waals surface area contributed by atoms with Crippen molar-refractivity contribution < 1.29 is 9.90 Å². The van der Waals surface area contributed by atoms with Gasteiger partial charge in [0.1, 0.15) is 6.54 Å². The van der Waals surface area contributed by atoms with Gasteiger partial charge in [0.15, 0.2) is 0 Å². The van der Waals surface area contributed by atoms with Crippen molar-refractivity contribution in [3.05, 3.63) is 34.9 Å². The molecule has 9 nitrogen and oxygen atoms in total. The average molecular weight is 370 g/mol. The van der Waals surface area contributed by atoms with E-state index in [0.29, 0.717) is 29.7 Å². The minimum atomic E-state index is -0.473. The fraction of sp³-hybridized carbons (Fsp3) is 0.500. The van der Waals surface area contributed by atoms with Crippen LogP contribution in [0, 0.1) is 5.92 Å². The number of hydrogen-bond acceptors (Lipinski definition) is 7. The highest BCUT2D eigenvalue weighted by molar-refractivity contribution is 5.75. The Balaban J connectivity index is 1.45. The van der Waals surface area contributed by atoms with E-state index in [9.17, 15) is 14.7 Å². The van der Waals surface area contributed by atoms with Crippen molar-refractivity contribution >= 4 is 11.9 Å². The molecule has 0 saturated heterocycles. The van der Waals surface area contributed by atoms with Gasteiger partial charge in [0, 0.05) is 42.5 Å². The summed E-state index contributed by atoms with van der Waals surface area (Å²) in [6.45, 7) is 2.17. The molecule has 1 amide bonds. The normalized spacial score (nSPS) is 25.7. The zero-order chi connectivity index (χ0) is 19.0. The largest absolute Gasteiger partial charge is 0.389 e. The highest BCUT2D eigenvalue weighted by Gasteiger charge is 2.59. The van der Waals surface area contributed by atoms with Crippen LogP contribution in [0.3, 0.4) is 0 Å². The number of hydrogen-bond donors (Lipinski definition) is 3. The maximum atomic E-state index is 11.9. The third-order valence-corrected chi connectivity index (χ3v) is 5.43. The fourth-order valence-corrected chi connectivity index (χ4v) is 3.79. The minimum absolute atomic E-state index is 0.132. The maximum absolute atomic E-state index is 11.9. The Morgan fingerprint density at radius 3 is 2.74 bits per heavy atom. The molecule has 0 bridgehead atoms. The van der Waals surface area contributed by atoms with Crippen molar-refractivity contribution in [3.63, 3.8) is 0 Å². The van der Waals surface area contributed by atoms with Crippen molar-refractivity contribution in [2.45, 2.75) is 44.4 Å². The second-order valence-electron chi connectivity index (χ2n) is 7.17. The van der Waals surface area contributed by atoms with Gasteiger partial charge in [-0.2, -0.15) is 5.10 Å². The zero-order valence-corrected chi connectivity index (χ0v) is 15.1. The molecule has 142 valence electrons. The number of carbonyl (C=O) groups excluding carboxylic acids is 1. The molecule has 2 aliphatic rings. The first-order valence-electron chi connectivity index (χ1n) is 9.15. The lowest BCUT2D eigenvalue weighted by Crippen LogP contribution is -2.66. The quantitative estimate of drug-likeness (QED) is 0.662. The zero-order valence-electron chi connectivity index (χ0n) is 15.1. The topological polar surface area (TPSA) is 122 Å². The smallest absolute Gasteiger partial charge is 0.267 e. The summed E-state index contributed by atoms with van der Waals surface area (Å²) in [5.41, 5.74) is 0.350. The average Bonchev–Trinajstić information content (AvgIpc) is 2.64. The first-order valence-corrected chi connectivity index (χ1v) is 9.15. The Hall–Kier alpha value is -2.81. The van der Waals surface area contributed by atoms with E-state index >= 15 is 0 Å². The number of carbonyl (C=O) groups is 1. The number of anilines is 1. The lowest BCUT2D eigenvalue weighted by atomic mass is 9.53. The van der Waals surface area contributed by atoms with Crippen molar-refractivity contribution in [2.75, 3.05) is 11.9 Å². The van der Waals surface area contributed by atoms with Gasteiger partial charge in [-0.1, -0.05) is 0 Å². The number of likely N-dealkylation sites (N-methyl/N-ethyl adjacent to an activating group) is 1. The first kappa shape index (κ1) is 17.6. The number of rotatable bonds is 6. The summed E-state index contributed by atoms with van der Waals surface area (Å²) in [6, 6.07) is 3.18. The van der Waals surface area contributed by atoms with E-state index in [1.807, 2.05) is 6.92 Å². The number of amides is 1. The summed E-state index contributed by atoms with van der Waals surface area (Å²) in [4.78, 5) is 32.2. The van der Waals surface area contributed by atoms with Crippen LogP contribution in [0.2, 0.25) is 0 Å². The molecule has 4 rings (SSSR count). The Labute approximate surface area is 155 Å². The third kappa shape index (κ3) is 3.30. The van der Waals surface area contributed by atoms with Gasteiger partial charge < -0.3 is 15.7 Å². The second-order valence-corrected chi connectivity index (χ2v) is 7.17. The highest BCUT2D eigenvalue weighted by atomic mass is 16.3. The number of nitrogens with one attached hydrogen (secondary N) is 2. The van der Waals surface area contributed by atoms with E-state index in [-0.39, 0.29) is 24.1 Å². The Morgan fingerprint density at radius 1 is 1.37 bits per heavy atom. The fourth-order valence-electron chi connectivity index (χ4n) is 3.79. The monoisotopic (exact) mass is 370 g/mol. The van der Waals surface area contributed by atoms with Gasteiger partial charge in [-0.3, -0.25) is 9.59 Å². The molecule has 2 fully saturated rings. The van der Waals surface area contributed by atoms with Crippen LogP contribution in [0.1, 0.15) is 26.2 Å². The van der Waals surface area contributed by atoms with Crippen LogP contribution in [0.5, 0.6) is 0 Å². The summed E-state index contributed by atoms with van der Waals surface area (Å²) in [7, 11) is 0. The Bertz CT molecular complexity index is 912. The van der Waals surface area contributed by atoms with Gasteiger partial charge in [0.2, 0.25) is 11.9 Å². The molecule has 0 aliphatic heterocycles. The molecule has 0 aromatic carbocycles. The van der Waals surface area contributed by atoms with Crippen LogP contribution in [0.4, 0.5) is 5.95 Å². The van der Waals surface area contributed by atoms with Crippen LogP contribution < -0.4 is 16.2 Å². The summed E-state index contributed by atoms with van der Waals surface area (Å²) in [6.07, 6.45) is 5.90. The predicted molar refractivity (Wildman–Crippen MR) is 97.9 cm³/mol. The molecule has 3 atom stereocenters. The van der Waals surface area contributed by atoms with Crippen molar-refractivity contribution in [3.8, 4) is 11.3 Å². The molecule has 2 saturated carbocycles. The van der Waals surface area contributed by atoms with E-state index in [0.717, 1.165) is 23.9 Å². The molecule has 2 aliphatic carbocycles. The van der Waals surface area contributed by atoms with Crippen molar-refractivity contribution in [1.82, 2.24) is 25.1 Å². The Kier molecular flexibility index (Phi) is 4.39. The molecular weight excluding hydrogens is 348 g/mol. The predicted octanol–water partition coefficient (Wildman–Crippen LogP) is 0.162. The minimum Gasteiger partial charge on any atom is -0.389 e. The molecule has 2 aromatic heterocycles. The van der Waals surface area contributed by atoms with Crippen LogP contribution in [0.15, 0.2) is 29.3 Å². The standard InChI is InChI=1S/C18H22N6O3/c1-2-19-15(25)10-24-16(26)4-3-13(23-24)11-8-20-17(21-9-11)22-14-7-18(27)6-5-12(14)18/h3-4,8-9,12,14,27H,2,5-7,10H2,1H3,(H,19,25)(H,20,21,22). The summed E-state index contributed by atoms with van der Waals surface area (Å²) in [5.74, 6) is 0.533. The molecule has 27 heavy (non-hydrogen) atoms. The van der Waals surface area contributed by atoms with Gasteiger partial charge in [0.05, 0.1) is 11.3 Å². The number of aliphatic hydroxyl groups is 1. The van der Waals surface area contributed by atoms with Crippen molar-refractivity contribution in [1.29, 1.82) is 0 Å². The van der Waals surface area contributed by atoms with Crippen LogP contribution in [-0.4, -0.2) is 48.9 Å². The molecule has 2 aromatic rings. The molecular formula is C18H22N6O3. The van der Waals surface area contributed by atoms with E-state index in [2.05, 4.69) is 25.7 Å². The summed E-state index contributed by atoms with van der Waals surface area (Å²) in [5, 5.41) is 20.2. The Morgan fingerprint density at radius 2 is 2.15 bits per heavy atom. The van der Waals surface area contributed by atoms with Gasteiger partial charge >= 0.3 is 0 Å². The lowest BCUT2D eigenvalue weighted by Gasteiger charge is -2.59. The molecule has 0 radical (unpaired) electrons. The van der Waals surface area contributed by atoms with Gasteiger partial charge in [0.25, 0.3) is 5.56 Å². The number of nitrogens with zero attached hydrogens (tertiary/aromatic N) is 4. The summed E-state index contributed by atoms with van der Waals surface area (Å²) < 4.78 is 1.12. The maximum Gasteiger partial charge on any atom is 0.267 e.